The van der Waals surface area contributed by atoms with Gasteiger partial charge in [0.25, 0.3) is 10.0 Å². The molecule has 0 aromatic heterocycles. The van der Waals surface area contributed by atoms with Crippen LogP contribution < -0.4 is 4.72 Å². The van der Waals surface area contributed by atoms with Crippen molar-refractivity contribution in [1.82, 2.24) is 4.72 Å². The number of halogens is 1. The molecule has 2 aliphatic rings. The second-order valence-corrected chi connectivity index (χ2v) is 7.81. The summed E-state index contributed by atoms with van der Waals surface area (Å²) in [5, 5.41) is 0. The van der Waals surface area contributed by atoms with Gasteiger partial charge in [0.1, 0.15) is 5.82 Å². The molecule has 6 heteroatoms. The summed E-state index contributed by atoms with van der Waals surface area (Å²) in [6.07, 6.45) is 4.26. The van der Waals surface area contributed by atoms with Crippen LogP contribution in [0.15, 0.2) is 23.1 Å². The summed E-state index contributed by atoms with van der Waals surface area (Å²) < 4.78 is 39.7. The van der Waals surface area contributed by atoms with E-state index in [2.05, 4.69) is 4.72 Å². The van der Waals surface area contributed by atoms with Crippen LogP contribution in [-0.2, 0) is 14.8 Å². The molecule has 0 spiro atoms. The average molecular weight is 311 g/mol. The zero-order valence-electron chi connectivity index (χ0n) is 11.8. The van der Waals surface area contributed by atoms with E-state index in [1.807, 2.05) is 0 Å². The van der Waals surface area contributed by atoms with Crippen molar-refractivity contribution < 1.29 is 17.6 Å². The van der Waals surface area contributed by atoms with E-state index in [4.69, 9.17) is 0 Å². The van der Waals surface area contributed by atoms with Crippen molar-refractivity contribution in [3.63, 3.8) is 0 Å². The zero-order valence-corrected chi connectivity index (χ0v) is 12.6. The van der Waals surface area contributed by atoms with E-state index in [1.54, 1.807) is 6.92 Å². The molecule has 1 aromatic carbocycles. The molecule has 2 fully saturated rings. The lowest BCUT2D eigenvalue weighted by Gasteiger charge is -2.25. The molecule has 2 aliphatic carbocycles. The van der Waals surface area contributed by atoms with Crippen molar-refractivity contribution in [3.05, 3.63) is 29.6 Å². The van der Waals surface area contributed by atoms with Gasteiger partial charge in [-0.15, -0.1) is 0 Å². The maximum Gasteiger partial charge on any atom is 0.264 e. The highest BCUT2D eigenvalue weighted by atomic mass is 32.2. The standard InChI is InChI=1S/C15H18FNO3S/c1-9-5-11(16)7-12(6-9)21(19,20)17-15(18)14-8-13(14)10-3-2-4-10/h5-7,10,13-14H,2-4,8H2,1H3,(H,17,18)/t13-,14+/m0/s1. The van der Waals surface area contributed by atoms with Gasteiger partial charge in [-0.3, -0.25) is 4.79 Å². The number of hydrogen-bond acceptors (Lipinski definition) is 3. The second kappa shape index (κ2) is 5.09. The Labute approximate surface area is 123 Å². The van der Waals surface area contributed by atoms with Gasteiger partial charge in [-0.2, -0.15) is 0 Å². The van der Waals surface area contributed by atoms with Gasteiger partial charge < -0.3 is 0 Å². The fourth-order valence-corrected chi connectivity index (χ4v) is 4.17. The minimum absolute atomic E-state index is 0.195. The Hall–Kier alpha value is -1.43. The lowest BCUT2D eigenvalue weighted by molar-refractivity contribution is -0.121. The Kier molecular flexibility index (Phi) is 3.51. The first-order valence-corrected chi connectivity index (χ1v) is 8.69. The SMILES string of the molecule is Cc1cc(F)cc(S(=O)(=O)NC(=O)[C@@H]2C[C@H]2C2CCC2)c1. The van der Waals surface area contributed by atoms with Crippen molar-refractivity contribution in [2.75, 3.05) is 0 Å². The predicted molar refractivity (Wildman–Crippen MR) is 75.4 cm³/mol. The molecule has 0 bridgehead atoms. The fraction of sp³-hybridized carbons (Fsp3) is 0.533. The summed E-state index contributed by atoms with van der Waals surface area (Å²) in [6, 6.07) is 3.53. The Morgan fingerprint density at radius 2 is 2.00 bits per heavy atom. The molecule has 1 aromatic rings. The molecule has 0 saturated heterocycles. The molecule has 21 heavy (non-hydrogen) atoms. The molecular weight excluding hydrogens is 293 g/mol. The number of benzene rings is 1. The van der Waals surface area contributed by atoms with Gasteiger partial charge in [-0.1, -0.05) is 19.3 Å². The lowest BCUT2D eigenvalue weighted by atomic mass is 9.81. The first-order chi connectivity index (χ1) is 9.87. The Balaban J connectivity index is 1.69. The van der Waals surface area contributed by atoms with E-state index in [0.29, 0.717) is 17.4 Å². The summed E-state index contributed by atoms with van der Waals surface area (Å²) in [5.41, 5.74) is 0.501. The minimum Gasteiger partial charge on any atom is -0.274 e. The normalized spacial score (nSPS) is 25.2. The number of sulfonamides is 1. The highest BCUT2D eigenvalue weighted by molar-refractivity contribution is 7.90. The highest BCUT2D eigenvalue weighted by Crippen LogP contribution is 2.51. The van der Waals surface area contributed by atoms with Crippen LogP contribution in [-0.4, -0.2) is 14.3 Å². The number of carbonyl (C=O) groups is 1. The number of rotatable bonds is 4. The van der Waals surface area contributed by atoms with Crippen molar-refractivity contribution in [2.24, 2.45) is 17.8 Å². The van der Waals surface area contributed by atoms with Crippen LogP contribution in [0.1, 0.15) is 31.2 Å². The number of nitrogens with one attached hydrogen (secondary N) is 1. The molecule has 1 amide bonds. The number of hydrogen-bond donors (Lipinski definition) is 1. The fourth-order valence-electron chi connectivity index (χ4n) is 3.03. The number of carbonyl (C=O) groups excluding carboxylic acids is 1. The summed E-state index contributed by atoms with van der Waals surface area (Å²) in [4.78, 5) is 11.8. The van der Waals surface area contributed by atoms with E-state index in [1.165, 1.54) is 18.6 Å². The number of aryl methyl sites for hydroxylation is 1. The smallest absolute Gasteiger partial charge is 0.264 e. The third kappa shape index (κ3) is 2.95. The molecule has 4 nitrogen and oxygen atoms in total. The zero-order chi connectivity index (χ0) is 15.2. The van der Waals surface area contributed by atoms with E-state index < -0.39 is 21.7 Å². The molecule has 2 atom stereocenters. The predicted octanol–water partition coefficient (Wildman–Crippen LogP) is 2.38. The average Bonchev–Trinajstić information content (AvgIpc) is 3.04. The Morgan fingerprint density at radius 1 is 1.29 bits per heavy atom. The Morgan fingerprint density at radius 3 is 2.57 bits per heavy atom. The number of amides is 1. The monoisotopic (exact) mass is 311 g/mol. The maximum atomic E-state index is 13.3. The van der Waals surface area contributed by atoms with E-state index in [-0.39, 0.29) is 10.8 Å². The van der Waals surface area contributed by atoms with Crippen molar-refractivity contribution in [3.8, 4) is 0 Å². The van der Waals surface area contributed by atoms with Crippen molar-refractivity contribution in [2.45, 2.75) is 37.5 Å². The van der Waals surface area contributed by atoms with E-state index in [0.717, 1.165) is 25.3 Å². The molecule has 114 valence electrons. The summed E-state index contributed by atoms with van der Waals surface area (Å²) in [7, 11) is -3.99. The van der Waals surface area contributed by atoms with Gasteiger partial charge in [0, 0.05) is 5.92 Å². The topological polar surface area (TPSA) is 63.2 Å². The van der Waals surface area contributed by atoms with Gasteiger partial charge in [0.05, 0.1) is 4.90 Å². The van der Waals surface area contributed by atoms with Crippen molar-refractivity contribution in [1.29, 1.82) is 0 Å². The third-order valence-corrected chi connectivity index (χ3v) is 5.82. The lowest BCUT2D eigenvalue weighted by Crippen LogP contribution is -2.33. The molecule has 2 saturated carbocycles. The van der Waals surface area contributed by atoms with Crippen LogP contribution in [0.4, 0.5) is 4.39 Å². The van der Waals surface area contributed by atoms with Gasteiger partial charge in [-0.05, 0) is 48.9 Å². The quantitative estimate of drug-likeness (QED) is 0.928. The van der Waals surface area contributed by atoms with Gasteiger partial charge in [0.15, 0.2) is 0 Å². The van der Waals surface area contributed by atoms with E-state index in [9.17, 15) is 17.6 Å². The van der Waals surface area contributed by atoms with Crippen molar-refractivity contribution >= 4 is 15.9 Å². The van der Waals surface area contributed by atoms with Crippen LogP contribution in [0.25, 0.3) is 0 Å². The van der Waals surface area contributed by atoms with Gasteiger partial charge >= 0.3 is 0 Å². The largest absolute Gasteiger partial charge is 0.274 e. The van der Waals surface area contributed by atoms with E-state index >= 15 is 0 Å². The second-order valence-electron chi connectivity index (χ2n) is 6.13. The van der Waals surface area contributed by atoms with Crippen LogP contribution in [0.3, 0.4) is 0 Å². The first kappa shape index (κ1) is 14.5. The summed E-state index contributed by atoms with van der Waals surface area (Å²) >= 11 is 0. The van der Waals surface area contributed by atoms with Crippen LogP contribution in [0, 0.1) is 30.5 Å². The van der Waals surface area contributed by atoms with Gasteiger partial charge in [-0.25, -0.2) is 17.5 Å². The molecule has 0 unspecified atom stereocenters. The van der Waals surface area contributed by atoms with Gasteiger partial charge in [0.2, 0.25) is 5.91 Å². The highest BCUT2D eigenvalue weighted by Gasteiger charge is 2.49. The third-order valence-electron chi connectivity index (χ3n) is 4.49. The minimum atomic E-state index is -3.99. The maximum absolute atomic E-state index is 13.3. The molecule has 0 heterocycles. The molecule has 0 radical (unpaired) electrons. The van der Waals surface area contributed by atoms with Crippen LogP contribution in [0.5, 0.6) is 0 Å². The molecule has 1 N–H and O–H groups in total. The summed E-state index contributed by atoms with van der Waals surface area (Å²) in [5.74, 6) is -0.349. The first-order valence-electron chi connectivity index (χ1n) is 7.21. The molecule has 3 rings (SSSR count). The summed E-state index contributed by atoms with van der Waals surface area (Å²) in [6.45, 7) is 1.61. The van der Waals surface area contributed by atoms with Crippen LogP contribution in [0.2, 0.25) is 0 Å². The Bertz CT molecular complexity index is 662. The molecule has 0 aliphatic heterocycles. The van der Waals surface area contributed by atoms with Crippen LogP contribution >= 0.6 is 0 Å². The molecular formula is C15H18FNO3S.